The molecule has 2 aromatic carbocycles. The molecule has 1 aliphatic carbocycles. The highest BCUT2D eigenvalue weighted by Gasteiger charge is 2.16. The number of fused-ring (bicyclic) bond motifs is 1. The maximum Gasteiger partial charge on any atom is 0.125 e. The van der Waals surface area contributed by atoms with E-state index in [-0.39, 0.29) is 0 Å². The number of aryl methyl sites for hydroxylation is 2. The summed E-state index contributed by atoms with van der Waals surface area (Å²) in [5.74, 6) is 0.746. The van der Waals surface area contributed by atoms with Crippen molar-refractivity contribution >= 4 is 11.8 Å². The van der Waals surface area contributed by atoms with E-state index in [0.717, 1.165) is 16.2 Å². The largest absolute Gasteiger partial charge is 0.496 e. The minimum Gasteiger partial charge on any atom is -0.496 e. The predicted molar refractivity (Wildman–Crippen MR) is 86.2 cm³/mol. The lowest BCUT2D eigenvalue weighted by Gasteiger charge is -2.16. The fourth-order valence-corrected chi connectivity index (χ4v) is 4.06. The molecule has 0 amide bonds. The van der Waals surface area contributed by atoms with Gasteiger partial charge in [-0.2, -0.15) is 0 Å². The molecule has 1 N–H and O–H groups in total. The van der Waals surface area contributed by atoms with Gasteiger partial charge in [0.05, 0.1) is 13.2 Å². The molecule has 0 fully saturated rings. The van der Waals surface area contributed by atoms with Gasteiger partial charge in [0.25, 0.3) is 0 Å². The molecule has 3 rings (SSSR count). The maximum atomic E-state index is 10.1. The summed E-state index contributed by atoms with van der Waals surface area (Å²) in [5, 5.41) is 10.1. The number of aliphatic hydroxyl groups excluding tert-OH is 1. The average molecular weight is 300 g/mol. The Labute approximate surface area is 130 Å². The summed E-state index contributed by atoms with van der Waals surface area (Å²) in [5.41, 5.74) is 3.83. The van der Waals surface area contributed by atoms with Gasteiger partial charge in [0.2, 0.25) is 0 Å². The summed E-state index contributed by atoms with van der Waals surface area (Å²) < 4.78 is 5.39. The quantitative estimate of drug-likeness (QED) is 0.908. The predicted octanol–water partition coefficient (Wildman–Crippen LogP) is 4.39. The summed E-state index contributed by atoms with van der Waals surface area (Å²) >= 11 is 1.70. The lowest BCUT2D eigenvalue weighted by molar-refractivity contribution is 0.191. The molecule has 0 radical (unpaired) electrons. The highest BCUT2D eigenvalue weighted by atomic mass is 32.2. The molecule has 3 heteroatoms. The van der Waals surface area contributed by atoms with E-state index in [2.05, 4.69) is 18.2 Å². The standard InChI is InChI=1S/C18H20O2S/c1-12(19)18-16(20-2)7-4-8-17(18)21-15-10-9-13-5-3-6-14(13)11-15/h4,7-12,19H,3,5-6H2,1-2H3/t12-/m1/s1. The van der Waals surface area contributed by atoms with Crippen LogP contribution in [0.2, 0.25) is 0 Å². The van der Waals surface area contributed by atoms with Crippen molar-refractivity contribution < 1.29 is 9.84 Å². The molecule has 0 aromatic heterocycles. The van der Waals surface area contributed by atoms with Crippen molar-refractivity contribution in [2.75, 3.05) is 7.11 Å². The van der Waals surface area contributed by atoms with Crippen molar-refractivity contribution in [1.82, 2.24) is 0 Å². The van der Waals surface area contributed by atoms with Gasteiger partial charge in [-0.25, -0.2) is 0 Å². The van der Waals surface area contributed by atoms with E-state index < -0.39 is 6.10 Å². The second kappa shape index (κ2) is 6.12. The second-order valence-electron chi connectivity index (χ2n) is 5.43. The molecule has 0 saturated carbocycles. The Hall–Kier alpha value is -1.45. The van der Waals surface area contributed by atoms with Crippen molar-refractivity contribution in [3.05, 3.63) is 53.1 Å². The van der Waals surface area contributed by atoms with Gasteiger partial charge in [-0.1, -0.05) is 23.9 Å². The van der Waals surface area contributed by atoms with Crippen molar-refractivity contribution in [3.63, 3.8) is 0 Å². The number of hydrogen-bond donors (Lipinski definition) is 1. The molecule has 0 heterocycles. The van der Waals surface area contributed by atoms with E-state index in [0.29, 0.717) is 0 Å². The number of hydrogen-bond acceptors (Lipinski definition) is 3. The highest BCUT2D eigenvalue weighted by molar-refractivity contribution is 7.99. The van der Waals surface area contributed by atoms with E-state index in [1.807, 2.05) is 18.2 Å². The average Bonchev–Trinajstić information content (AvgIpc) is 2.94. The van der Waals surface area contributed by atoms with Crippen LogP contribution in [-0.4, -0.2) is 12.2 Å². The van der Waals surface area contributed by atoms with Crippen LogP contribution in [0.15, 0.2) is 46.2 Å². The fraction of sp³-hybridized carbons (Fsp3) is 0.333. The molecule has 0 bridgehead atoms. The third-order valence-corrected chi connectivity index (χ3v) is 5.03. The smallest absolute Gasteiger partial charge is 0.125 e. The molecule has 1 aliphatic rings. The Morgan fingerprint density at radius 2 is 1.95 bits per heavy atom. The Kier molecular flexibility index (Phi) is 4.22. The number of aliphatic hydroxyl groups is 1. The Morgan fingerprint density at radius 3 is 2.71 bits per heavy atom. The first kappa shape index (κ1) is 14.5. The molecule has 110 valence electrons. The van der Waals surface area contributed by atoms with Gasteiger partial charge in [0.1, 0.15) is 5.75 Å². The molecule has 21 heavy (non-hydrogen) atoms. The van der Waals surface area contributed by atoms with Crippen LogP contribution in [-0.2, 0) is 12.8 Å². The second-order valence-corrected chi connectivity index (χ2v) is 6.55. The summed E-state index contributed by atoms with van der Waals surface area (Å²) in [6.07, 6.45) is 3.11. The van der Waals surface area contributed by atoms with E-state index in [4.69, 9.17) is 4.74 Å². The third kappa shape index (κ3) is 2.94. The zero-order valence-electron chi connectivity index (χ0n) is 12.4. The van der Waals surface area contributed by atoms with Crippen LogP contribution >= 0.6 is 11.8 Å². The first-order valence-corrected chi connectivity index (χ1v) is 8.15. The molecular weight excluding hydrogens is 280 g/mol. The monoisotopic (exact) mass is 300 g/mol. The number of benzene rings is 2. The lowest BCUT2D eigenvalue weighted by atomic mass is 10.1. The zero-order valence-corrected chi connectivity index (χ0v) is 13.2. The van der Waals surface area contributed by atoms with Gasteiger partial charge >= 0.3 is 0 Å². The fourth-order valence-electron chi connectivity index (χ4n) is 2.94. The third-order valence-electron chi connectivity index (χ3n) is 3.96. The molecule has 0 spiro atoms. The first-order chi connectivity index (χ1) is 10.2. The van der Waals surface area contributed by atoms with Gasteiger partial charge in [-0.05, 0) is 61.6 Å². The van der Waals surface area contributed by atoms with Crippen LogP contribution in [0.5, 0.6) is 5.75 Å². The van der Waals surface area contributed by atoms with Gasteiger partial charge in [0, 0.05) is 15.4 Å². The van der Waals surface area contributed by atoms with Gasteiger partial charge < -0.3 is 9.84 Å². The van der Waals surface area contributed by atoms with Crippen LogP contribution in [0.4, 0.5) is 0 Å². The van der Waals surface area contributed by atoms with Gasteiger partial charge in [-0.15, -0.1) is 0 Å². The van der Waals surface area contributed by atoms with Crippen LogP contribution in [0.1, 0.15) is 36.1 Å². The Balaban J connectivity index is 1.94. The van der Waals surface area contributed by atoms with Crippen molar-refractivity contribution in [2.45, 2.75) is 42.1 Å². The van der Waals surface area contributed by atoms with E-state index in [9.17, 15) is 5.11 Å². The molecule has 0 saturated heterocycles. The minimum absolute atomic E-state index is 0.543. The molecular formula is C18H20O2S. The van der Waals surface area contributed by atoms with Crippen molar-refractivity contribution in [1.29, 1.82) is 0 Å². The number of methoxy groups -OCH3 is 1. The normalized spacial score (nSPS) is 14.8. The topological polar surface area (TPSA) is 29.5 Å². The van der Waals surface area contributed by atoms with Crippen LogP contribution in [0, 0.1) is 0 Å². The summed E-state index contributed by atoms with van der Waals surface area (Å²) in [4.78, 5) is 2.29. The van der Waals surface area contributed by atoms with Crippen LogP contribution < -0.4 is 4.74 Å². The SMILES string of the molecule is COc1cccc(Sc2ccc3c(c2)CCC3)c1[C@@H](C)O. The molecule has 0 aliphatic heterocycles. The number of rotatable bonds is 4. The van der Waals surface area contributed by atoms with E-state index >= 15 is 0 Å². The first-order valence-electron chi connectivity index (χ1n) is 7.33. The molecule has 0 unspecified atom stereocenters. The van der Waals surface area contributed by atoms with E-state index in [1.54, 1.807) is 25.8 Å². The van der Waals surface area contributed by atoms with Crippen molar-refractivity contribution in [3.8, 4) is 5.75 Å². The van der Waals surface area contributed by atoms with Gasteiger partial charge in [-0.3, -0.25) is 0 Å². The molecule has 2 aromatic rings. The summed E-state index contributed by atoms with van der Waals surface area (Å²) in [6, 6.07) is 12.6. The Bertz CT molecular complexity index is 650. The van der Waals surface area contributed by atoms with Crippen molar-refractivity contribution in [2.24, 2.45) is 0 Å². The highest BCUT2D eigenvalue weighted by Crippen LogP contribution is 2.39. The minimum atomic E-state index is -0.543. The van der Waals surface area contributed by atoms with Crippen LogP contribution in [0.25, 0.3) is 0 Å². The van der Waals surface area contributed by atoms with Gasteiger partial charge in [0.15, 0.2) is 0 Å². The Morgan fingerprint density at radius 1 is 1.14 bits per heavy atom. The lowest BCUT2D eigenvalue weighted by Crippen LogP contribution is -1.98. The summed E-state index contributed by atoms with van der Waals surface area (Å²) in [6.45, 7) is 1.78. The maximum absolute atomic E-state index is 10.1. The molecule has 1 atom stereocenters. The number of ether oxygens (including phenoxy) is 1. The summed E-state index contributed by atoms with van der Waals surface area (Å²) in [7, 11) is 1.64. The molecule has 2 nitrogen and oxygen atoms in total. The zero-order chi connectivity index (χ0) is 14.8. The van der Waals surface area contributed by atoms with E-state index in [1.165, 1.54) is 35.3 Å². The van der Waals surface area contributed by atoms with Crippen LogP contribution in [0.3, 0.4) is 0 Å².